The van der Waals surface area contributed by atoms with Gasteiger partial charge >= 0.3 is 0 Å². The highest BCUT2D eigenvalue weighted by molar-refractivity contribution is 7.91. The zero-order valence-electron chi connectivity index (χ0n) is 8.23. The van der Waals surface area contributed by atoms with E-state index in [4.69, 9.17) is 12.2 Å². The third-order valence-electron chi connectivity index (χ3n) is 2.78. The van der Waals surface area contributed by atoms with Gasteiger partial charge in [0.1, 0.15) is 0 Å². The Bertz CT molecular complexity index is 364. The molecule has 2 saturated heterocycles. The molecule has 0 saturated carbocycles. The largest absolute Gasteiger partial charge is 0.357 e. The van der Waals surface area contributed by atoms with Crippen molar-refractivity contribution in [3.05, 3.63) is 0 Å². The summed E-state index contributed by atoms with van der Waals surface area (Å²) < 4.78 is 22.8. The molecule has 0 bridgehead atoms. The van der Waals surface area contributed by atoms with Crippen LogP contribution in [0, 0.1) is 0 Å². The van der Waals surface area contributed by atoms with Crippen molar-refractivity contribution in [1.29, 1.82) is 0 Å². The molecular weight excluding hydrogens is 220 g/mol. The fourth-order valence-electron chi connectivity index (χ4n) is 2.24. The highest BCUT2D eigenvalue weighted by Gasteiger charge is 2.47. The maximum atomic E-state index is 11.4. The first-order valence-electron chi connectivity index (χ1n) is 4.70. The molecule has 0 aromatic carbocycles. The van der Waals surface area contributed by atoms with Crippen LogP contribution in [0.15, 0.2) is 0 Å². The predicted octanol–water partition coefficient (Wildman–Crippen LogP) is -0.249. The van der Waals surface area contributed by atoms with Crippen molar-refractivity contribution in [2.24, 2.45) is 0 Å². The van der Waals surface area contributed by atoms with E-state index in [-0.39, 0.29) is 29.6 Å². The van der Waals surface area contributed by atoms with Gasteiger partial charge in [0.15, 0.2) is 14.9 Å². The Balaban J connectivity index is 2.26. The number of rotatable bonds is 1. The van der Waals surface area contributed by atoms with E-state index in [0.717, 1.165) is 0 Å². The summed E-state index contributed by atoms with van der Waals surface area (Å²) in [5, 5.41) is 3.78. The Morgan fingerprint density at radius 3 is 2.71 bits per heavy atom. The van der Waals surface area contributed by atoms with Gasteiger partial charge < -0.3 is 10.2 Å². The molecule has 80 valence electrons. The topological polar surface area (TPSA) is 49.4 Å². The van der Waals surface area contributed by atoms with E-state index in [1.165, 1.54) is 0 Å². The molecule has 1 N–H and O–H groups in total. The van der Waals surface area contributed by atoms with E-state index in [1.807, 2.05) is 18.7 Å². The maximum Gasteiger partial charge on any atom is 0.169 e. The number of hydrogen-bond acceptors (Lipinski definition) is 3. The van der Waals surface area contributed by atoms with Gasteiger partial charge in [0.2, 0.25) is 0 Å². The number of fused-ring (bicyclic) bond motifs is 1. The lowest BCUT2D eigenvalue weighted by Gasteiger charge is -2.27. The van der Waals surface area contributed by atoms with Gasteiger partial charge in [0.25, 0.3) is 0 Å². The van der Waals surface area contributed by atoms with Crippen molar-refractivity contribution in [2.75, 3.05) is 11.5 Å². The van der Waals surface area contributed by atoms with Crippen molar-refractivity contribution in [3.63, 3.8) is 0 Å². The van der Waals surface area contributed by atoms with E-state index in [9.17, 15) is 8.42 Å². The Kier molecular flexibility index (Phi) is 2.23. The van der Waals surface area contributed by atoms with Crippen LogP contribution in [0.1, 0.15) is 13.8 Å². The SMILES string of the molecule is CC(C)N1C(=S)N[C@H]2CS(=O)(=O)C[C@H]21. The van der Waals surface area contributed by atoms with Crippen LogP contribution in [0.25, 0.3) is 0 Å². The Morgan fingerprint density at radius 2 is 2.14 bits per heavy atom. The predicted molar refractivity (Wildman–Crippen MR) is 58.9 cm³/mol. The van der Waals surface area contributed by atoms with Gasteiger partial charge in [-0.15, -0.1) is 0 Å². The standard InChI is InChI=1S/C8H14N2O2S2/c1-5(2)10-7-4-14(11,12)3-6(7)9-8(10)13/h5-7H,3-4H2,1-2H3,(H,9,13)/t6-,7+/m0/s1. The van der Waals surface area contributed by atoms with Gasteiger partial charge in [0, 0.05) is 6.04 Å². The molecule has 0 unspecified atom stereocenters. The number of thiocarbonyl (C=S) groups is 1. The van der Waals surface area contributed by atoms with Gasteiger partial charge in [-0.1, -0.05) is 0 Å². The van der Waals surface area contributed by atoms with Crippen LogP contribution in [-0.2, 0) is 9.84 Å². The summed E-state index contributed by atoms with van der Waals surface area (Å²) in [5.41, 5.74) is 0. The van der Waals surface area contributed by atoms with Gasteiger partial charge in [-0.3, -0.25) is 0 Å². The van der Waals surface area contributed by atoms with Crippen LogP contribution in [0.5, 0.6) is 0 Å². The average molecular weight is 234 g/mol. The van der Waals surface area contributed by atoms with Crippen LogP contribution in [0.3, 0.4) is 0 Å². The number of nitrogens with one attached hydrogen (secondary N) is 1. The number of nitrogens with zero attached hydrogens (tertiary/aromatic N) is 1. The lowest BCUT2D eigenvalue weighted by atomic mass is 10.1. The normalized spacial score (nSPS) is 34.8. The second-order valence-corrected chi connectivity index (χ2v) is 6.74. The van der Waals surface area contributed by atoms with Gasteiger partial charge in [0.05, 0.1) is 23.6 Å². The second kappa shape index (κ2) is 3.06. The summed E-state index contributed by atoms with van der Waals surface area (Å²) in [5.74, 6) is 0.462. The fraction of sp³-hybridized carbons (Fsp3) is 0.875. The van der Waals surface area contributed by atoms with Gasteiger partial charge in [-0.2, -0.15) is 0 Å². The lowest BCUT2D eigenvalue weighted by Crippen LogP contribution is -2.41. The molecule has 2 fully saturated rings. The molecular formula is C8H14N2O2S2. The quantitative estimate of drug-likeness (QED) is 0.634. The lowest BCUT2D eigenvalue weighted by molar-refractivity contribution is 0.300. The molecule has 2 atom stereocenters. The molecule has 0 aliphatic carbocycles. The third kappa shape index (κ3) is 1.50. The summed E-state index contributed by atoms with van der Waals surface area (Å²) in [6, 6.07) is 0.320. The molecule has 2 aliphatic rings. The zero-order chi connectivity index (χ0) is 10.5. The Morgan fingerprint density at radius 1 is 1.50 bits per heavy atom. The molecule has 0 radical (unpaired) electrons. The number of hydrogen-bond donors (Lipinski definition) is 1. The van der Waals surface area contributed by atoms with Crippen molar-refractivity contribution >= 4 is 27.2 Å². The van der Waals surface area contributed by atoms with E-state index in [1.54, 1.807) is 0 Å². The summed E-state index contributed by atoms with van der Waals surface area (Å²) in [4.78, 5) is 2.00. The minimum Gasteiger partial charge on any atom is -0.357 e. The minimum absolute atomic E-state index is 0.00917. The van der Waals surface area contributed by atoms with Gasteiger partial charge in [-0.05, 0) is 26.1 Å². The zero-order valence-corrected chi connectivity index (χ0v) is 9.86. The summed E-state index contributed by atoms with van der Waals surface area (Å²) in [6.07, 6.45) is 0. The highest BCUT2D eigenvalue weighted by Crippen LogP contribution is 2.25. The molecule has 0 amide bonds. The molecule has 14 heavy (non-hydrogen) atoms. The van der Waals surface area contributed by atoms with Crippen LogP contribution in [0.2, 0.25) is 0 Å². The van der Waals surface area contributed by atoms with Crippen molar-refractivity contribution in [2.45, 2.75) is 32.0 Å². The molecule has 0 aromatic rings. The van der Waals surface area contributed by atoms with Crippen molar-refractivity contribution in [1.82, 2.24) is 10.2 Å². The van der Waals surface area contributed by atoms with Crippen LogP contribution in [-0.4, -0.2) is 48.1 Å². The third-order valence-corrected chi connectivity index (χ3v) is 4.82. The Labute approximate surface area is 89.6 Å². The van der Waals surface area contributed by atoms with Crippen LogP contribution in [0.4, 0.5) is 0 Å². The number of sulfone groups is 1. The van der Waals surface area contributed by atoms with Crippen LogP contribution >= 0.6 is 12.2 Å². The summed E-state index contributed by atoms with van der Waals surface area (Å²) >= 11 is 5.17. The van der Waals surface area contributed by atoms with Crippen molar-refractivity contribution < 1.29 is 8.42 Å². The molecule has 2 aliphatic heterocycles. The Hall–Kier alpha value is -0.360. The highest BCUT2D eigenvalue weighted by atomic mass is 32.2. The van der Waals surface area contributed by atoms with Gasteiger partial charge in [-0.25, -0.2) is 8.42 Å². The summed E-state index contributed by atoms with van der Waals surface area (Å²) in [6.45, 7) is 4.06. The van der Waals surface area contributed by atoms with Crippen molar-refractivity contribution in [3.8, 4) is 0 Å². The molecule has 0 spiro atoms. The van der Waals surface area contributed by atoms with E-state index >= 15 is 0 Å². The second-order valence-electron chi connectivity index (χ2n) is 4.20. The monoisotopic (exact) mass is 234 g/mol. The van der Waals surface area contributed by atoms with E-state index < -0.39 is 9.84 Å². The minimum atomic E-state index is -2.86. The molecule has 0 aromatic heterocycles. The first-order chi connectivity index (χ1) is 6.41. The van der Waals surface area contributed by atoms with E-state index in [2.05, 4.69) is 5.32 Å². The van der Waals surface area contributed by atoms with E-state index in [0.29, 0.717) is 5.11 Å². The maximum absolute atomic E-state index is 11.4. The summed E-state index contributed by atoms with van der Waals surface area (Å²) in [7, 11) is -2.86. The average Bonchev–Trinajstić information content (AvgIpc) is 2.37. The smallest absolute Gasteiger partial charge is 0.169 e. The molecule has 2 heterocycles. The van der Waals surface area contributed by atoms with Crippen LogP contribution < -0.4 is 5.32 Å². The molecule has 4 nitrogen and oxygen atoms in total. The fourth-order valence-corrected chi connectivity index (χ4v) is 4.64. The molecule has 2 rings (SSSR count). The first kappa shape index (κ1) is 10.2. The first-order valence-corrected chi connectivity index (χ1v) is 6.93. The molecule has 6 heteroatoms.